The largest absolute Gasteiger partial charge is 0.504 e. The van der Waals surface area contributed by atoms with Crippen molar-refractivity contribution < 1.29 is 28.2 Å². The van der Waals surface area contributed by atoms with Gasteiger partial charge in [-0.05, 0) is 36.6 Å². The van der Waals surface area contributed by atoms with E-state index in [1.807, 2.05) is 18.2 Å². The van der Waals surface area contributed by atoms with Crippen LogP contribution in [-0.4, -0.2) is 73.7 Å². The lowest BCUT2D eigenvalue weighted by atomic mass is 10.0. The minimum atomic E-state index is -0.214. The number of amides is 1. The van der Waals surface area contributed by atoms with Crippen LogP contribution in [0.2, 0.25) is 0 Å². The third-order valence-electron chi connectivity index (χ3n) is 7.75. The number of ether oxygens (including phenoxy) is 4. The van der Waals surface area contributed by atoms with Crippen LogP contribution in [0.1, 0.15) is 37.0 Å². The first-order valence-electron chi connectivity index (χ1n) is 14.1. The first-order valence-corrected chi connectivity index (χ1v) is 14.1. The van der Waals surface area contributed by atoms with Gasteiger partial charge in [-0.1, -0.05) is 12.6 Å². The Balaban J connectivity index is 1.23. The first kappa shape index (κ1) is 27.7. The average molecular weight is 569 g/mol. The number of pyridine rings is 1. The Morgan fingerprint density at radius 1 is 1.17 bits per heavy atom. The normalized spacial score (nSPS) is 21.0. The number of likely N-dealkylation sites (tertiary alicyclic amines) is 1. The molecule has 216 valence electrons. The lowest BCUT2D eigenvalue weighted by molar-refractivity contribution is -0.135. The van der Waals surface area contributed by atoms with Gasteiger partial charge in [0.25, 0.3) is 5.91 Å². The lowest BCUT2D eigenvalue weighted by Crippen LogP contribution is -2.46. The van der Waals surface area contributed by atoms with Gasteiger partial charge in [-0.25, -0.2) is 0 Å². The number of allylic oxidation sites excluding steroid dienone is 1. The number of morpholine rings is 1. The predicted octanol–water partition coefficient (Wildman–Crippen LogP) is 4.89. The Labute approximate surface area is 243 Å². The van der Waals surface area contributed by atoms with Gasteiger partial charge < -0.3 is 28.3 Å². The molecule has 0 aliphatic carbocycles. The summed E-state index contributed by atoms with van der Waals surface area (Å²) in [5.41, 5.74) is 3.82. The number of rotatable bonds is 8. The Bertz CT molecular complexity index is 1580. The van der Waals surface area contributed by atoms with Crippen molar-refractivity contribution in [2.45, 2.75) is 44.0 Å². The summed E-state index contributed by atoms with van der Waals surface area (Å²) in [7, 11) is 1.52. The van der Waals surface area contributed by atoms with Crippen LogP contribution in [0.25, 0.3) is 27.8 Å². The molecule has 2 unspecified atom stereocenters. The van der Waals surface area contributed by atoms with Gasteiger partial charge in [-0.2, -0.15) is 5.26 Å². The first-order chi connectivity index (χ1) is 20.5. The van der Waals surface area contributed by atoms with Gasteiger partial charge >= 0.3 is 0 Å². The smallest absolute Gasteiger partial charge is 0.272 e. The van der Waals surface area contributed by atoms with Crippen molar-refractivity contribution in [2.75, 3.05) is 33.4 Å². The molecule has 5 heterocycles. The van der Waals surface area contributed by atoms with Crippen LogP contribution in [0.15, 0.2) is 64.5 Å². The fourth-order valence-electron chi connectivity index (χ4n) is 5.61. The van der Waals surface area contributed by atoms with Crippen LogP contribution in [0.4, 0.5) is 0 Å². The zero-order chi connectivity index (χ0) is 29.1. The summed E-state index contributed by atoms with van der Waals surface area (Å²) in [4.78, 5) is 23.6. The second kappa shape index (κ2) is 12.2. The number of carbonyl (C=O) groups is 1. The van der Waals surface area contributed by atoms with Crippen LogP contribution in [0.3, 0.4) is 0 Å². The van der Waals surface area contributed by atoms with E-state index in [1.165, 1.54) is 19.6 Å². The number of nitriles is 1. The van der Waals surface area contributed by atoms with E-state index in [4.69, 9.17) is 23.4 Å². The molecule has 0 N–H and O–H groups in total. The van der Waals surface area contributed by atoms with Crippen molar-refractivity contribution in [3.05, 3.63) is 66.4 Å². The molecule has 2 aromatic heterocycles. The third kappa shape index (κ3) is 5.79. The molecule has 2 bridgehead atoms. The van der Waals surface area contributed by atoms with Crippen LogP contribution in [0, 0.1) is 11.3 Å². The fourth-order valence-corrected chi connectivity index (χ4v) is 5.61. The van der Waals surface area contributed by atoms with E-state index in [2.05, 4.69) is 22.6 Å². The molecule has 1 aromatic carbocycles. The Morgan fingerprint density at radius 2 is 1.95 bits per heavy atom. The summed E-state index contributed by atoms with van der Waals surface area (Å²) in [5.74, 6) is 0.800. The topological polar surface area (TPSA) is 119 Å². The van der Waals surface area contributed by atoms with E-state index in [0.717, 1.165) is 36.8 Å². The molecule has 6 rings (SSSR count). The van der Waals surface area contributed by atoms with E-state index in [-0.39, 0.29) is 29.9 Å². The molecule has 0 saturated carbocycles. The van der Waals surface area contributed by atoms with E-state index in [1.54, 1.807) is 23.2 Å². The molecule has 10 heteroatoms. The molecule has 2 atom stereocenters. The molecule has 10 nitrogen and oxygen atoms in total. The quantitative estimate of drug-likeness (QED) is 0.214. The summed E-state index contributed by atoms with van der Waals surface area (Å²) in [6, 6.07) is 11.4. The molecule has 1 amide bonds. The number of benzene rings is 1. The molecule has 0 spiro atoms. The SMILES string of the molecule is C=C(/N=C\C(=C\OC)c1cc2nccc(-c3ccc(OC4CCOCC4)c(C#N)c3)c2o1)C(=O)N1CC2CCC(C1)O2. The molecular weight excluding hydrogens is 536 g/mol. The summed E-state index contributed by atoms with van der Waals surface area (Å²) in [6.07, 6.45) is 8.43. The maximum Gasteiger partial charge on any atom is 0.272 e. The Hall–Kier alpha value is -4.46. The van der Waals surface area contributed by atoms with Crippen molar-refractivity contribution >= 4 is 28.8 Å². The summed E-state index contributed by atoms with van der Waals surface area (Å²) in [6.45, 7) is 6.32. The van der Waals surface area contributed by atoms with E-state index >= 15 is 0 Å². The van der Waals surface area contributed by atoms with Crippen LogP contribution >= 0.6 is 0 Å². The van der Waals surface area contributed by atoms with Crippen molar-refractivity contribution in [3.8, 4) is 22.9 Å². The number of carbonyl (C=O) groups excluding carboxylic acids is 1. The van der Waals surface area contributed by atoms with Crippen molar-refractivity contribution in [3.63, 3.8) is 0 Å². The highest BCUT2D eigenvalue weighted by atomic mass is 16.5. The lowest BCUT2D eigenvalue weighted by Gasteiger charge is -2.31. The number of methoxy groups -OCH3 is 1. The second-order valence-electron chi connectivity index (χ2n) is 10.6. The number of hydrogen-bond acceptors (Lipinski definition) is 9. The number of nitrogens with zero attached hydrogens (tertiary/aromatic N) is 4. The van der Waals surface area contributed by atoms with E-state index < -0.39 is 0 Å². The summed E-state index contributed by atoms with van der Waals surface area (Å²) < 4.78 is 28.9. The molecule has 42 heavy (non-hydrogen) atoms. The number of hydrogen-bond donors (Lipinski definition) is 0. The second-order valence-corrected chi connectivity index (χ2v) is 10.6. The fraction of sp³-hybridized carbons (Fsp3) is 0.375. The van der Waals surface area contributed by atoms with Gasteiger partial charge in [0.15, 0.2) is 5.58 Å². The van der Waals surface area contributed by atoms with E-state index in [9.17, 15) is 10.1 Å². The predicted molar refractivity (Wildman–Crippen MR) is 156 cm³/mol. The summed E-state index contributed by atoms with van der Waals surface area (Å²) in [5, 5.41) is 9.86. The minimum Gasteiger partial charge on any atom is -0.504 e. The number of fused-ring (bicyclic) bond motifs is 3. The standard InChI is InChI=1S/C32H32N4O6/c1-20(32(37)36-17-25-4-5-26(18-36)40-25)35-16-23(19-38-2)30-14-28-31(42-30)27(7-10-34-28)21-3-6-29(22(13-21)15-33)41-24-8-11-39-12-9-24/h3,6-7,10,13-14,16,19,24-26H,1,4-5,8-9,11-12,17-18H2,2H3/b23-19-,35-16-. The Morgan fingerprint density at radius 3 is 2.69 bits per heavy atom. The van der Waals surface area contributed by atoms with Gasteiger partial charge in [0.05, 0.1) is 49.9 Å². The molecule has 3 aliphatic heterocycles. The molecule has 3 saturated heterocycles. The van der Waals surface area contributed by atoms with Gasteiger partial charge in [0.1, 0.15) is 34.9 Å². The molecule has 3 aliphatic rings. The van der Waals surface area contributed by atoms with E-state index in [0.29, 0.717) is 60.0 Å². The number of aromatic nitrogens is 1. The van der Waals surface area contributed by atoms with Gasteiger partial charge in [-0.15, -0.1) is 0 Å². The monoisotopic (exact) mass is 568 g/mol. The van der Waals surface area contributed by atoms with Crippen molar-refractivity contribution in [1.82, 2.24) is 9.88 Å². The summed E-state index contributed by atoms with van der Waals surface area (Å²) >= 11 is 0. The van der Waals surface area contributed by atoms with Crippen LogP contribution < -0.4 is 4.74 Å². The van der Waals surface area contributed by atoms with Crippen LogP contribution in [-0.2, 0) is 19.0 Å². The zero-order valence-corrected chi connectivity index (χ0v) is 23.5. The van der Waals surface area contributed by atoms with Gasteiger partial charge in [-0.3, -0.25) is 14.8 Å². The molecule has 0 radical (unpaired) electrons. The molecular formula is C32H32N4O6. The maximum absolute atomic E-state index is 13.0. The highest BCUT2D eigenvalue weighted by Gasteiger charge is 2.36. The molecule has 3 aromatic rings. The van der Waals surface area contributed by atoms with Gasteiger partial charge in [0, 0.05) is 50.0 Å². The Kier molecular flexibility index (Phi) is 8.04. The van der Waals surface area contributed by atoms with Crippen LogP contribution in [0.5, 0.6) is 5.75 Å². The average Bonchev–Trinajstić information content (AvgIpc) is 3.61. The van der Waals surface area contributed by atoms with Crippen molar-refractivity contribution in [2.24, 2.45) is 4.99 Å². The van der Waals surface area contributed by atoms with Crippen molar-refractivity contribution in [1.29, 1.82) is 5.26 Å². The highest BCUT2D eigenvalue weighted by Crippen LogP contribution is 2.34. The highest BCUT2D eigenvalue weighted by molar-refractivity contribution is 6.11. The third-order valence-corrected chi connectivity index (χ3v) is 7.75. The maximum atomic E-state index is 13.0. The molecule has 3 fully saturated rings. The zero-order valence-electron chi connectivity index (χ0n) is 23.5. The number of aliphatic imine (C=N–C) groups is 1. The minimum absolute atomic E-state index is 0.0278. The van der Waals surface area contributed by atoms with Gasteiger partial charge in [0.2, 0.25) is 0 Å². The number of furan rings is 1.